The van der Waals surface area contributed by atoms with Gasteiger partial charge < -0.3 is 19.3 Å². The number of hydrogen-bond donors (Lipinski definition) is 1. The van der Waals surface area contributed by atoms with E-state index in [1.807, 2.05) is 6.07 Å². The highest BCUT2D eigenvalue weighted by Crippen LogP contribution is 2.41. The van der Waals surface area contributed by atoms with E-state index in [1.54, 1.807) is 0 Å². The summed E-state index contributed by atoms with van der Waals surface area (Å²) in [7, 11) is -4.15. The Kier molecular flexibility index (Phi) is 18.1. The molecule has 0 heterocycles. The van der Waals surface area contributed by atoms with Crippen LogP contribution in [0.5, 0.6) is 0 Å². The minimum atomic E-state index is -2.10. The highest BCUT2D eigenvalue weighted by Gasteiger charge is 2.46. The fourth-order valence-corrected chi connectivity index (χ4v) is 7.64. The van der Waals surface area contributed by atoms with Crippen molar-refractivity contribution in [2.24, 2.45) is 11.7 Å². The SMILES string of the molecule is CC(C)CCCCCCCCCCC[C@@H](O[Si](C)(C)C(C)(C)C)[C@@H](O[Si](C)(C)C(C)(C)C)[C@@H](N)COCc1ccccc1. The standard InChI is InChI=1S/C37H73NO3Si2/c1-31(2)25-21-18-16-14-13-15-17-19-24-28-34(40-42(9,10)36(3,4)5)35(41-43(11,12)37(6,7)8)33(38)30-39-29-32-26-22-20-23-27-32/h20,22-23,26-27,31,33-35H,13-19,21,24-25,28-30,38H2,1-12H3/t33-,34+,35-/m0/s1. The van der Waals surface area contributed by atoms with Crippen LogP contribution in [-0.2, 0) is 20.2 Å². The van der Waals surface area contributed by atoms with Crippen LogP contribution in [-0.4, -0.2) is 41.5 Å². The molecule has 0 saturated heterocycles. The van der Waals surface area contributed by atoms with Crippen LogP contribution in [0.1, 0.15) is 132 Å². The molecule has 0 aliphatic heterocycles. The first kappa shape index (κ1) is 40.5. The first-order valence-electron chi connectivity index (χ1n) is 17.6. The molecule has 0 aliphatic rings. The number of benzene rings is 1. The van der Waals surface area contributed by atoms with Crippen LogP contribution >= 0.6 is 0 Å². The van der Waals surface area contributed by atoms with Crippen LogP contribution in [0.2, 0.25) is 36.3 Å². The highest BCUT2D eigenvalue weighted by atomic mass is 28.4. The van der Waals surface area contributed by atoms with Crippen LogP contribution < -0.4 is 5.73 Å². The van der Waals surface area contributed by atoms with Crippen molar-refractivity contribution < 1.29 is 13.6 Å². The molecule has 43 heavy (non-hydrogen) atoms. The lowest BCUT2D eigenvalue weighted by molar-refractivity contribution is -0.0115. The van der Waals surface area contributed by atoms with Crippen LogP contribution in [0.3, 0.4) is 0 Å². The maximum absolute atomic E-state index is 7.21. The van der Waals surface area contributed by atoms with E-state index in [9.17, 15) is 0 Å². The molecule has 0 aliphatic carbocycles. The molecule has 0 aromatic heterocycles. The molecule has 0 saturated carbocycles. The average molecular weight is 636 g/mol. The van der Waals surface area contributed by atoms with Gasteiger partial charge in [-0.2, -0.15) is 0 Å². The topological polar surface area (TPSA) is 53.7 Å². The highest BCUT2D eigenvalue weighted by molar-refractivity contribution is 6.74. The monoisotopic (exact) mass is 636 g/mol. The van der Waals surface area contributed by atoms with Crippen molar-refractivity contribution in [2.45, 2.75) is 187 Å². The van der Waals surface area contributed by atoms with Crippen molar-refractivity contribution in [1.82, 2.24) is 0 Å². The third-order valence-electron chi connectivity index (χ3n) is 9.97. The lowest BCUT2D eigenvalue weighted by Gasteiger charge is -2.46. The van der Waals surface area contributed by atoms with E-state index in [4.69, 9.17) is 19.3 Å². The Morgan fingerprint density at radius 2 is 1.09 bits per heavy atom. The molecule has 0 bridgehead atoms. The van der Waals surface area contributed by atoms with E-state index in [0.717, 1.165) is 18.8 Å². The molecule has 1 aromatic carbocycles. The molecule has 0 radical (unpaired) electrons. The average Bonchev–Trinajstić information content (AvgIpc) is 2.88. The maximum Gasteiger partial charge on any atom is 0.192 e. The fraction of sp³-hybridized carbons (Fsp3) is 0.838. The lowest BCUT2D eigenvalue weighted by Crippen LogP contribution is -2.58. The van der Waals surface area contributed by atoms with E-state index in [1.165, 1.54) is 63.4 Å². The van der Waals surface area contributed by atoms with Crippen LogP contribution in [0, 0.1) is 5.92 Å². The quantitative estimate of drug-likeness (QED) is 0.102. The van der Waals surface area contributed by atoms with Gasteiger partial charge in [-0.1, -0.05) is 150 Å². The molecule has 0 fully saturated rings. The molecule has 1 aromatic rings. The van der Waals surface area contributed by atoms with Gasteiger partial charge in [-0.3, -0.25) is 0 Å². The summed E-state index contributed by atoms with van der Waals surface area (Å²) in [4.78, 5) is 0. The second-order valence-electron chi connectivity index (χ2n) is 16.6. The summed E-state index contributed by atoms with van der Waals surface area (Å²) in [6, 6.07) is 10.1. The van der Waals surface area contributed by atoms with Crippen molar-refractivity contribution in [3.8, 4) is 0 Å². The fourth-order valence-electron chi connectivity index (χ4n) is 4.92. The van der Waals surface area contributed by atoms with Gasteiger partial charge in [-0.05, 0) is 54.2 Å². The van der Waals surface area contributed by atoms with Crippen LogP contribution in [0.25, 0.3) is 0 Å². The molecule has 0 unspecified atom stereocenters. The zero-order valence-corrected chi connectivity index (χ0v) is 32.7. The van der Waals surface area contributed by atoms with Crippen LogP contribution in [0.4, 0.5) is 0 Å². The molecule has 0 amide bonds. The minimum absolute atomic E-state index is 0.0219. The molecule has 6 heteroatoms. The van der Waals surface area contributed by atoms with Gasteiger partial charge >= 0.3 is 0 Å². The van der Waals surface area contributed by atoms with Crippen molar-refractivity contribution >= 4 is 16.6 Å². The molecule has 252 valence electrons. The third kappa shape index (κ3) is 16.1. The Morgan fingerprint density at radius 1 is 0.651 bits per heavy atom. The lowest BCUT2D eigenvalue weighted by atomic mass is 9.99. The number of unbranched alkanes of at least 4 members (excludes halogenated alkanes) is 8. The predicted octanol–water partition coefficient (Wildman–Crippen LogP) is 11.3. The summed E-state index contributed by atoms with van der Waals surface area (Å²) in [5, 5.41) is 0.210. The zero-order valence-electron chi connectivity index (χ0n) is 30.7. The Bertz CT molecular complexity index is 846. The number of rotatable bonds is 22. The van der Waals surface area contributed by atoms with Gasteiger partial charge in [0, 0.05) is 0 Å². The first-order valence-corrected chi connectivity index (χ1v) is 23.4. The predicted molar refractivity (Wildman–Crippen MR) is 194 cm³/mol. The molecule has 1 rings (SSSR count). The Hall–Kier alpha value is -0.506. The summed E-state index contributed by atoms with van der Waals surface area (Å²) in [6.45, 7) is 29.0. The normalized spacial score (nSPS) is 15.6. The zero-order chi connectivity index (χ0) is 32.7. The smallest absolute Gasteiger partial charge is 0.192 e. The van der Waals surface area contributed by atoms with E-state index in [2.05, 4.69) is 106 Å². The van der Waals surface area contributed by atoms with Gasteiger partial charge in [0.2, 0.25) is 0 Å². The van der Waals surface area contributed by atoms with Crippen LogP contribution in [0.15, 0.2) is 30.3 Å². The number of ether oxygens (including phenoxy) is 1. The summed E-state index contributed by atoms with van der Waals surface area (Å²) in [5.41, 5.74) is 8.17. The number of hydrogen-bond acceptors (Lipinski definition) is 4. The molecular formula is C37H73NO3Si2. The summed E-state index contributed by atoms with van der Waals surface area (Å²) >= 11 is 0. The summed E-state index contributed by atoms with van der Waals surface area (Å²) < 4.78 is 20.6. The van der Waals surface area contributed by atoms with E-state index < -0.39 is 16.6 Å². The second kappa shape index (κ2) is 19.2. The van der Waals surface area contributed by atoms with Crippen molar-refractivity contribution in [3.05, 3.63) is 35.9 Å². The second-order valence-corrected chi connectivity index (χ2v) is 26.1. The first-order chi connectivity index (χ1) is 19.9. The Balaban J connectivity index is 2.92. The minimum Gasteiger partial charge on any atom is -0.411 e. The van der Waals surface area contributed by atoms with Gasteiger partial charge in [0.1, 0.15) is 0 Å². The van der Waals surface area contributed by atoms with Crippen molar-refractivity contribution in [3.63, 3.8) is 0 Å². The Labute approximate surface area is 270 Å². The molecule has 0 spiro atoms. The van der Waals surface area contributed by atoms with Crippen molar-refractivity contribution in [1.29, 1.82) is 0 Å². The van der Waals surface area contributed by atoms with Crippen molar-refractivity contribution in [2.75, 3.05) is 6.61 Å². The van der Waals surface area contributed by atoms with Gasteiger partial charge in [0.05, 0.1) is 31.5 Å². The molecule has 2 N–H and O–H groups in total. The maximum atomic E-state index is 7.21. The Morgan fingerprint density at radius 3 is 1.56 bits per heavy atom. The van der Waals surface area contributed by atoms with E-state index in [-0.39, 0.29) is 28.3 Å². The van der Waals surface area contributed by atoms with Gasteiger partial charge in [0.25, 0.3) is 0 Å². The van der Waals surface area contributed by atoms with Gasteiger partial charge in [-0.15, -0.1) is 0 Å². The van der Waals surface area contributed by atoms with E-state index in [0.29, 0.717) is 13.2 Å². The van der Waals surface area contributed by atoms with Gasteiger partial charge in [-0.25, -0.2) is 0 Å². The largest absolute Gasteiger partial charge is 0.411 e. The molecule has 4 nitrogen and oxygen atoms in total. The summed E-state index contributed by atoms with van der Waals surface area (Å²) in [6.07, 6.45) is 14.2. The van der Waals surface area contributed by atoms with Gasteiger partial charge in [0.15, 0.2) is 16.6 Å². The molecule has 3 atom stereocenters. The summed E-state index contributed by atoms with van der Waals surface area (Å²) in [5.74, 6) is 0.840. The third-order valence-corrected chi connectivity index (χ3v) is 18.9. The number of nitrogens with two attached hydrogens (primary N) is 1. The van der Waals surface area contributed by atoms with E-state index >= 15 is 0 Å². The molecular weight excluding hydrogens is 563 g/mol.